The van der Waals surface area contributed by atoms with Crippen LogP contribution in [0.2, 0.25) is 0 Å². The predicted molar refractivity (Wildman–Crippen MR) is 154 cm³/mol. The third-order valence-electron chi connectivity index (χ3n) is 8.54. The van der Waals surface area contributed by atoms with E-state index in [9.17, 15) is 9.59 Å². The smallest absolute Gasteiger partial charge is 0.251 e. The maximum atomic E-state index is 13.1. The number of nitrogens with zero attached hydrogens (tertiary/aromatic N) is 3. The first-order chi connectivity index (χ1) is 19.4. The molecule has 2 aliphatic heterocycles. The van der Waals surface area contributed by atoms with Gasteiger partial charge in [0.2, 0.25) is 11.8 Å². The quantitative estimate of drug-likeness (QED) is 0.401. The number of aryl methyl sites for hydroxylation is 1. The van der Waals surface area contributed by atoms with Crippen LogP contribution in [0.4, 0.5) is 0 Å². The molecule has 1 aromatic heterocycles. The molecule has 2 saturated heterocycles. The van der Waals surface area contributed by atoms with Crippen LogP contribution in [0.15, 0.2) is 66.7 Å². The van der Waals surface area contributed by atoms with Crippen molar-refractivity contribution in [3.63, 3.8) is 0 Å². The molecule has 208 valence electrons. The number of piperidine rings is 1. The fraction of sp³-hybridized carbons (Fsp3) is 0.424. The molecule has 40 heavy (non-hydrogen) atoms. The molecular weight excluding hydrogens is 500 g/mol. The summed E-state index contributed by atoms with van der Waals surface area (Å²) in [7, 11) is 0. The number of rotatable bonds is 8. The van der Waals surface area contributed by atoms with Gasteiger partial charge in [-0.15, -0.1) is 0 Å². The van der Waals surface area contributed by atoms with Crippen LogP contribution in [0.3, 0.4) is 0 Å². The van der Waals surface area contributed by atoms with E-state index in [1.54, 1.807) is 12.1 Å². The highest BCUT2D eigenvalue weighted by atomic mass is 16.5. The number of likely N-dealkylation sites (tertiary alicyclic amines) is 2. The Morgan fingerprint density at radius 3 is 2.38 bits per heavy atom. The van der Waals surface area contributed by atoms with E-state index in [1.807, 2.05) is 31.2 Å². The number of carbonyl (C=O) groups excluding carboxylic acids is 2. The summed E-state index contributed by atoms with van der Waals surface area (Å²) in [4.78, 5) is 34.7. The summed E-state index contributed by atoms with van der Waals surface area (Å²) in [5.41, 5.74) is 4.03. The second-order valence-electron chi connectivity index (χ2n) is 11.6. The molecule has 3 aromatic rings. The number of ether oxygens (including phenoxy) is 1. The van der Waals surface area contributed by atoms with E-state index in [-0.39, 0.29) is 17.9 Å². The average molecular weight is 539 g/mol. The molecule has 3 fully saturated rings. The van der Waals surface area contributed by atoms with Crippen molar-refractivity contribution >= 4 is 11.8 Å². The highest BCUT2D eigenvalue weighted by molar-refractivity contribution is 5.94. The number of amides is 2. The van der Waals surface area contributed by atoms with Crippen LogP contribution in [-0.2, 0) is 11.3 Å². The Labute approximate surface area is 236 Å². The summed E-state index contributed by atoms with van der Waals surface area (Å²) < 4.78 is 5.97. The second kappa shape index (κ2) is 11.4. The molecule has 1 saturated carbocycles. The van der Waals surface area contributed by atoms with Crippen molar-refractivity contribution in [3.05, 3.63) is 89.1 Å². The molecule has 7 nitrogen and oxygen atoms in total. The lowest BCUT2D eigenvalue weighted by molar-refractivity contribution is -0.135. The maximum absolute atomic E-state index is 13.1. The summed E-state index contributed by atoms with van der Waals surface area (Å²) in [6.45, 7) is 6.85. The first kappa shape index (κ1) is 26.5. The van der Waals surface area contributed by atoms with Crippen LogP contribution in [-0.4, -0.2) is 51.8 Å². The van der Waals surface area contributed by atoms with Crippen LogP contribution < -0.4 is 10.1 Å². The van der Waals surface area contributed by atoms with Gasteiger partial charge in [-0.1, -0.05) is 43.3 Å². The van der Waals surface area contributed by atoms with Gasteiger partial charge in [0.1, 0.15) is 5.75 Å². The lowest BCUT2D eigenvalue weighted by atomic mass is 9.98. The zero-order valence-corrected chi connectivity index (χ0v) is 23.4. The largest absolute Gasteiger partial charge is 0.439 e. The summed E-state index contributed by atoms with van der Waals surface area (Å²) in [6.07, 6.45) is 5.03. The molecule has 2 unspecified atom stereocenters. The molecule has 2 atom stereocenters. The molecule has 1 aliphatic carbocycles. The molecule has 2 aromatic carbocycles. The summed E-state index contributed by atoms with van der Waals surface area (Å²) in [5.74, 6) is 1.56. The Bertz CT molecular complexity index is 1350. The Morgan fingerprint density at radius 2 is 1.70 bits per heavy atom. The topological polar surface area (TPSA) is 74.8 Å². The van der Waals surface area contributed by atoms with Gasteiger partial charge in [-0.3, -0.25) is 14.5 Å². The standard InChI is InChI=1S/C33H38N4O3/c1-22-20-30(24-6-4-3-5-7-24)37(33(22)39)28-16-18-36(19-17-28)21-26-10-15-31(34-23(26)2)40-29-13-8-25(9-14-29)32(38)35-27-11-12-27/h3-10,13-15,22,27-28,30H,11-12,16-21H2,1-2H3,(H,35,38). The van der Waals surface area contributed by atoms with E-state index in [1.165, 1.54) is 11.1 Å². The van der Waals surface area contributed by atoms with E-state index >= 15 is 0 Å². The normalized spacial score (nSPS) is 21.9. The molecule has 0 bridgehead atoms. The first-order valence-corrected chi connectivity index (χ1v) is 14.6. The minimum absolute atomic E-state index is 0.0333. The average Bonchev–Trinajstić information content (AvgIpc) is 3.74. The van der Waals surface area contributed by atoms with E-state index in [4.69, 9.17) is 9.72 Å². The van der Waals surface area contributed by atoms with Crippen LogP contribution >= 0.6 is 0 Å². The number of aromatic nitrogens is 1. The summed E-state index contributed by atoms with van der Waals surface area (Å²) >= 11 is 0. The number of hydrogen-bond acceptors (Lipinski definition) is 5. The van der Waals surface area contributed by atoms with Crippen molar-refractivity contribution in [1.29, 1.82) is 0 Å². The molecule has 2 amide bonds. The van der Waals surface area contributed by atoms with E-state index < -0.39 is 0 Å². The fourth-order valence-corrected chi connectivity index (χ4v) is 6.04. The van der Waals surface area contributed by atoms with Crippen molar-refractivity contribution in [2.24, 2.45) is 5.92 Å². The van der Waals surface area contributed by atoms with Crippen LogP contribution in [0.1, 0.15) is 72.2 Å². The highest BCUT2D eigenvalue weighted by Crippen LogP contribution is 2.40. The molecular formula is C33H38N4O3. The van der Waals surface area contributed by atoms with Crippen molar-refractivity contribution in [2.75, 3.05) is 13.1 Å². The summed E-state index contributed by atoms with van der Waals surface area (Å²) in [6, 6.07) is 22.5. The Balaban J connectivity index is 1.03. The van der Waals surface area contributed by atoms with Crippen LogP contribution in [0, 0.1) is 12.8 Å². The maximum Gasteiger partial charge on any atom is 0.251 e. The predicted octanol–water partition coefficient (Wildman–Crippen LogP) is 5.65. The van der Waals surface area contributed by atoms with Crippen molar-refractivity contribution in [1.82, 2.24) is 20.1 Å². The van der Waals surface area contributed by atoms with Crippen molar-refractivity contribution < 1.29 is 14.3 Å². The molecule has 1 N–H and O–H groups in total. The third kappa shape index (κ3) is 5.89. The third-order valence-corrected chi connectivity index (χ3v) is 8.54. The van der Waals surface area contributed by atoms with Crippen LogP contribution in [0.25, 0.3) is 0 Å². The number of carbonyl (C=O) groups is 2. The minimum Gasteiger partial charge on any atom is -0.439 e. The Hall–Kier alpha value is -3.71. The number of pyridine rings is 1. The van der Waals surface area contributed by atoms with Gasteiger partial charge < -0.3 is 15.0 Å². The van der Waals surface area contributed by atoms with E-state index in [0.29, 0.717) is 35.2 Å². The van der Waals surface area contributed by atoms with Gasteiger partial charge in [-0.25, -0.2) is 4.98 Å². The van der Waals surface area contributed by atoms with Gasteiger partial charge in [-0.05, 0) is 74.4 Å². The Kier molecular flexibility index (Phi) is 7.57. The SMILES string of the molecule is Cc1nc(Oc2ccc(C(=O)NC3CC3)cc2)ccc1CN1CCC(N2C(=O)C(C)CC2c2ccccc2)CC1. The van der Waals surface area contributed by atoms with Crippen molar-refractivity contribution in [2.45, 2.75) is 70.6 Å². The zero-order valence-electron chi connectivity index (χ0n) is 23.4. The first-order valence-electron chi connectivity index (χ1n) is 14.6. The fourth-order valence-electron chi connectivity index (χ4n) is 6.04. The van der Waals surface area contributed by atoms with Gasteiger partial charge in [0.25, 0.3) is 5.91 Å². The second-order valence-corrected chi connectivity index (χ2v) is 11.6. The molecule has 6 rings (SSSR count). The van der Waals surface area contributed by atoms with Gasteiger partial charge >= 0.3 is 0 Å². The number of benzene rings is 2. The Morgan fingerprint density at radius 1 is 0.975 bits per heavy atom. The van der Waals surface area contributed by atoms with Crippen molar-refractivity contribution in [3.8, 4) is 11.6 Å². The number of hydrogen-bond donors (Lipinski definition) is 1. The van der Waals surface area contributed by atoms with Gasteiger partial charge in [0.05, 0.1) is 6.04 Å². The minimum atomic E-state index is -0.0333. The van der Waals surface area contributed by atoms with E-state index in [0.717, 1.165) is 57.4 Å². The molecule has 3 heterocycles. The van der Waals surface area contributed by atoms with Gasteiger partial charge in [0, 0.05) is 55.0 Å². The lowest BCUT2D eigenvalue weighted by Gasteiger charge is -2.39. The summed E-state index contributed by atoms with van der Waals surface area (Å²) in [5, 5.41) is 3.00. The van der Waals surface area contributed by atoms with E-state index in [2.05, 4.69) is 52.4 Å². The molecule has 0 spiro atoms. The molecule has 3 aliphatic rings. The molecule has 0 radical (unpaired) electrons. The van der Waals surface area contributed by atoms with Gasteiger partial charge in [0.15, 0.2) is 0 Å². The monoisotopic (exact) mass is 538 g/mol. The highest BCUT2D eigenvalue weighted by Gasteiger charge is 2.42. The zero-order chi connectivity index (χ0) is 27.6. The molecule has 7 heteroatoms. The van der Waals surface area contributed by atoms with Crippen LogP contribution in [0.5, 0.6) is 11.6 Å². The lowest BCUT2D eigenvalue weighted by Crippen LogP contribution is -2.46. The van der Waals surface area contributed by atoms with Gasteiger partial charge in [-0.2, -0.15) is 0 Å². The number of nitrogens with one attached hydrogen (secondary N) is 1.